The number of carbonyl (C=O) groups is 2. The number of carbonyl (C=O) groups excluding carboxylic acids is 2. The van der Waals surface area contributed by atoms with Crippen LogP contribution in [0.15, 0.2) is 48.5 Å². The van der Waals surface area contributed by atoms with E-state index >= 15 is 0 Å². The lowest BCUT2D eigenvalue weighted by Gasteiger charge is -2.44. The molecule has 0 radical (unpaired) electrons. The van der Waals surface area contributed by atoms with Crippen LogP contribution in [0, 0.1) is 11.8 Å². The summed E-state index contributed by atoms with van der Waals surface area (Å²) in [4.78, 5) is 32.1. The first-order valence-electron chi connectivity index (χ1n) is 13.9. The summed E-state index contributed by atoms with van der Waals surface area (Å²) in [6.45, 7) is 10.9. The van der Waals surface area contributed by atoms with Gasteiger partial charge in [0.15, 0.2) is 0 Å². The van der Waals surface area contributed by atoms with Gasteiger partial charge in [0.2, 0.25) is 5.91 Å². The van der Waals surface area contributed by atoms with Crippen LogP contribution >= 0.6 is 11.6 Å². The van der Waals surface area contributed by atoms with Crippen LogP contribution in [0.1, 0.15) is 49.7 Å². The number of halogens is 1. The number of nitrogens with zero attached hydrogens (tertiary/aromatic N) is 3. The maximum absolute atomic E-state index is 14.0. The number of ether oxygens (including phenoxy) is 1. The highest BCUT2D eigenvalue weighted by molar-refractivity contribution is 6.30. The smallest absolute Gasteiger partial charge is 0.271 e. The normalized spacial score (nSPS) is 23.6. The number of methoxy groups -OCH3 is 1. The SMILES string of the molecule is COc1ccc2cc3n(c2c1)C[C@](C)(C(=O)NCCCN1C[C@H](C)C[C@@H](C)C1)N(Cc1cccc(Cl)c1)C3=O. The Labute approximate surface area is 236 Å². The molecule has 3 heterocycles. The highest BCUT2D eigenvalue weighted by Gasteiger charge is 2.47. The number of likely N-dealkylation sites (tertiary alicyclic amines) is 1. The lowest BCUT2D eigenvalue weighted by molar-refractivity contribution is -0.133. The molecule has 7 nitrogen and oxygen atoms in total. The van der Waals surface area contributed by atoms with E-state index < -0.39 is 5.54 Å². The second-order valence-electron chi connectivity index (χ2n) is 11.7. The molecule has 0 bridgehead atoms. The van der Waals surface area contributed by atoms with Crippen LogP contribution in [0.3, 0.4) is 0 Å². The topological polar surface area (TPSA) is 66.8 Å². The maximum atomic E-state index is 14.0. The summed E-state index contributed by atoms with van der Waals surface area (Å²) >= 11 is 6.26. The fraction of sp³-hybridized carbons (Fsp3) is 0.484. The van der Waals surface area contributed by atoms with Gasteiger partial charge in [0.25, 0.3) is 5.91 Å². The fourth-order valence-corrected chi connectivity index (χ4v) is 6.61. The van der Waals surface area contributed by atoms with E-state index in [2.05, 4.69) is 24.1 Å². The second-order valence-corrected chi connectivity index (χ2v) is 12.1. The summed E-state index contributed by atoms with van der Waals surface area (Å²) in [7, 11) is 1.63. The van der Waals surface area contributed by atoms with Gasteiger partial charge in [-0.3, -0.25) is 9.59 Å². The third-order valence-electron chi connectivity index (χ3n) is 8.24. The lowest BCUT2D eigenvalue weighted by Crippen LogP contribution is -2.63. The van der Waals surface area contributed by atoms with Crippen molar-refractivity contribution in [1.82, 2.24) is 19.7 Å². The Morgan fingerprint density at radius 2 is 1.90 bits per heavy atom. The Morgan fingerprint density at radius 3 is 2.62 bits per heavy atom. The zero-order valence-electron chi connectivity index (χ0n) is 23.4. The molecule has 0 saturated carbocycles. The lowest BCUT2D eigenvalue weighted by atomic mass is 9.92. The van der Waals surface area contributed by atoms with E-state index in [-0.39, 0.29) is 18.4 Å². The van der Waals surface area contributed by atoms with Crippen LogP contribution < -0.4 is 10.1 Å². The van der Waals surface area contributed by atoms with E-state index in [1.165, 1.54) is 6.42 Å². The van der Waals surface area contributed by atoms with Crippen molar-refractivity contribution in [2.45, 2.75) is 52.2 Å². The molecule has 0 spiro atoms. The predicted molar refractivity (Wildman–Crippen MR) is 155 cm³/mol. The second kappa shape index (κ2) is 11.2. The molecule has 208 valence electrons. The minimum Gasteiger partial charge on any atom is -0.497 e. The summed E-state index contributed by atoms with van der Waals surface area (Å²) in [6, 6.07) is 15.1. The van der Waals surface area contributed by atoms with Crippen molar-refractivity contribution in [3.63, 3.8) is 0 Å². The predicted octanol–water partition coefficient (Wildman–Crippen LogP) is 5.20. The average molecular weight is 551 g/mol. The summed E-state index contributed by atoms with van der Waals surface area (Å²) in [5, 5.41) is 4.72. The third kappa shape index (κ3) is 5.66. The molecule has 8 heteroatoms. The Bertz CT molecular complexity index is 1360. The van der Waals surface area contributed by atoms with Crippen LogP contribution in [0.25, 0.3) is 10.9 Å². The van der Waals surface area contributed by atoms with E-state index in [9.17, 15) is 9.59 Å². The molecule has 2 amide bonds. The van der Waals surface area contributed by atoms with Crippen LogP contribution in [0.5, 0.6) is 5.75 Å². The first kappa shape index (κ1) is 27.5. The van der Waals surface area contributed by atoms with Crippen molar-refractivity contribution in [2.24, 2.45) is 11.8 Å². The zero-order valence-corrected chi connectivity index (χ0v) is 24.1. The van der Waals surface area contributed by atoms with E-state index in [4.69, 9.17) is 16.3 Å². The number of rotatable bonds is 8. The van der Waals surface area contributed by atoms with Crippen LogP contribution in [0.2, 0.25) is 5.02 Å². The van der Waals surface area contributed by atoms with Crippen LogP contribution in [-0.2, 0) is 17.9 Å². The van der Waals surface area contributed by atoms with Gasteiger partial charge < -0.3 is 24.4 Å². The Hall–Kier alpha value is -3.03. The minimum atomic E-state index is -1.09. The number of amides is 2. The average Bonchev–Trinajstić information content (AvgIpc) is 3.26. The van der Waals surface area contributed by atoms with Gasteiger partial charge in [-0.25, -0.2) is 0 Å². The molecule has 2 aliphatic heterocycles. The number of piperidine rings is 1. The highest BCUT2D eigenvalue weighted by atomic mass is 35.5. The maximum Gasteiger partial charge on any atom is 0.271 e. The van der Waals surface area contributed by atoms with E-state index in [1.807, 2.05) is 60.0 Å². The third-order valence-corrected chi connectivity index (χ3v) is 8.47. The van der Waals surface area contributed by atoms with Crippen molar-refractivity contribution >= 4 is 34.3 Å². The van der Waals surface area contributed by atoms with Crippen molar-refractivity contribution in [3.8, 4) is 5.75 Å². The van der Waals surface area contributed by atoms with Gasteiger partial charge in [-0.05, 0) is 74.0 Å². The van der Waals surface area contributed by atoms with Crippen molar-refractivity contribution in [2.75, 3.05) is 33.3 Å². The first-order valence-corrected chi connectivity index (χ1v) is 14.3. The Kier molecular flexibility index (Phi) is 7.92. The van der Waals surface area contributed by atoms with Gasteiger partial charge in [-0.15, -0.1) is 0 Å². The summed E-state index contributed by atoms with van der Waals surface area (Å²) in [5.74, 6) is 1.81. The number of nitrogens with one attached hydrogen (secondary N) is 1. The highest BCUT2D eigenvalue weighted by Crippen LogP contribution is 2.35. The van der Waals surface area contributed by atoms with Crippen molar-refractivity contribution < 1.29 is 14.3 Å². The molecule has 2 aliphatic rings. The van der Waals surface area contributed by atoms with E-state index in [0.29, 0.717) is 41.4 Å². The van der Waals surface area contributed by atoms with Gasteiger partial charge in [-0.1, -0.05) is 37.6 Å². The Morgan fingerprint density at radius 1 is 1.13 bits per heavy atom. The number of aromatic nitrogens is 1. The molecule has 39 heavy (non-hydrogen) atoms. The number of benzene rings is 2. The monoisotopic (exact) mass is 550 g/mol. The number of fused-ring (bicyclic) bond motifs is 3. The first-order chi connectivity index (χ1) is 18.7. The molecule has 5 rings (SSSR count). The molecule has 1 aromatic heterocycles. The van der Waals surface area contributed by atoms with E-state index in [1.54, 1.807) is 12.0 Å². The molecule has 0 aliphatic carbocycles. The molecule has 3 aromatic rings. The van der Waals surface area contributed by atoms with Crippen LogP contribution in [-0.4, -0.2) is 65.0 Å². The van der Waals surface area contributed by atoms with Gasteiger partial charge in [0.05, 0.1) is 19.2 Å². The molecule has 3 atom stereocenters. The summed E-state index contributed by atoms with van der Waals surface area (Å²) in [6.07, 6.45) is 2.16. The van der Waals surface area contributed by atoms with Gasteiger partial charge in [0.1, 0.15) is 17.0 Å². The molecule has 2 aromatic carbocycles. The molecular formula is C31H39ClN4O3. The number of hydrogen-bond acceptors (Lipinski definition) is 4. The summed E-state index contributed by atoms with van der Waals surface area (Å²) < 4.78 is 7.41. The minimum absolute atomic E-state index is 0.145. The van der Waals surface area contributed by atoms with E-state index in [0.717, 1.165) is 42.5 Å². The van der Waals surface area contributed by atoms with Crippen molar-refractivity contribution in [1.29, 1.82) is 0 Å². The summed E-state index contributed by atoms with van der Waals surface area (Å²) in [5.41, 5.74) is 1.25. The van der Waals surface area contributed by atoms with Crippen molar-refractivity contribution in [3.05, 3.63) is 64.8 Å². The van der Waals surface area contributed by atoms with Gasteiger partial charge in [0, 0.05) is 42.7 Å². The van der Waals surface area contributed by atoms with Gasteiger partial charge >= 0.3 is 0 Å². The molecule has 0 unspecified atom stereocenters. The molecular weight excluding hydrogens is 512 g/mol. The molecule has 1 fully saturated rings. The molecule has 1 saturated heterocycles. The zero-order chi connectivity index (χ0) is 27.7. The molecule has 1 N–H and O–H groups in total. The fourth-order valence-electron chi connectivity index (χ4n) is 6.39. The van der Waals surface area contributed by atoms with Crippen LogP contribution in [0.4, 0.5) is 0 Å². The van der Waals surface area contributed by atoms with Gasteiger partial charge in [-0.2, -0.15) is 0 Å². The quantitative estimate of drug-likeness (QED) is 0.391. The largest absolute Gasteiger partial charge is 0.497 e. The standard InChI is InChI=1S/C31H39ClN4O3/c1-21-13-22(2)18-34(17-21)12-6-11-33-30(38)31(3)20-35-27-16-26(39-4)10-9-24(27)15-28(35)29(37)36(31)19-23-7-5-8-25(32)14-23/h5,7-10,14-16,21-22H,6,11-13,17-20H2,1-4H3,(H,33,38)/t21-,22-,31-/m1/s1. The number of hydrogen-bond donors (Lipinski definition) is 1. The Balaban J connectivity index is 1.39.